The largest absolute Gasteiger partial charge is 0.461 e. The smallest absolute Gasteiger partial charge is 0.302 e. The standard InChI is InChI=1S/C23H32O7/c1-12(25)30-19-9-14(26)8-13-4-5-15-16-6-7-23(29,18(28)11-24)21(16,2)10-17(27)20(15)22(13,19)3/h8,15-17,19-20,24,27,29H,4-7,9-11H2,1-3H3/t15-,16-,17-,19?,20+,21-,22+,23+/m0/s1. The zero-order valence-electron chi connectivity index (χ0n) is 17.9. The molecular formula is C23H32O7. The van der Waals surface area contributed by atoms with E-state index in [0.717, 1.165) is 12.0 Å². The highest BCUT2D eigenvalue weighted by Crippen LogP contribution is 2.67. The van der Waals surface area contributed by atoms with Crippen molar-refractivity contribution in [3.8, 4) is 0 Å². The van der Waals surface area contributed by atoms with Gasteiger partial charge in [-0.05, 0) is 50.0 Å². The summed E-state index contributed by atoms with van der Waals surface area (Å²) < 4.78 is 5.62. The first kappa shape index (κ1) is 21.7. The van der Waals surface area contributed by atoms with Crippen LogP contribution in [0.15, 0.2) is 11.6 Å². The highest BCUT2D eigenvalue weighted by atomic mass is 16.5. The van der Waals surface area contributed by atoms with E-state index in [1.807, 2.05) is 13.8 Å². The molecule has 0 amide bonds. The van der Waals surface area contributed by atoms with Crippen LogP contribution >= 0.6 is 0 Å². The van der Waals surface area contributed by atoms with Crippen LogP contribution in [0.3, 0.4) is 0 Å². The van der Waals surface area contributed by atoms with Crippen molar-refractivity contribution in [3.05, 3.63) is 11.6 Å². The van der Waals surface area contributed by atoms with Crippen molar-refractivity contribution in [2.75, 3.05) is 6.61 Å². The number of fused-ring (bicyclic) bond motifs is 5. The van der Waals surface area contributed by atoms with E-state index in [2.05, 4.69) is 0 Å². The fourth-order valence-corrected chi connectivity index (χ4v) is 7.66. The van der Waals surface area contributed by atoms with Gasteiger partial charge in [-0.15, -0.1) is 0 Å². The normalized spacial score (nSPS) is 47.6. The van der Waals surface area contributed by atoms with Gasteiger partial charge in [0.15, 0.2) is 11.6 Å². The molecule has 1 unspecified atom stereocenters. The number of ether oxygens (including phenoxy) is 1. The van der Waals surface area contributed by atoms with E-state index in [1.165, 1.54) is 6.92 Å². The number of aliphatic hydroxyl groups is 3. The number of hydrogen-bond donors (Lipinski definition) is 3. The van der Waals surface area contributed by atoms with Crippen molar-refractivity contribution in [1.29, 1.82) is 0 Å². The van der Waals surface area contributed by atoms with Crippen molar-refractivity contribution in [3.63, 3.8) is 0 Å². The lowest BCUT2D eigenvalue weighted by atomic mass is 9.44. The number of hydrogen-bond acceptors (Lipinski definition) is 7. The van der Waals surface area contributed by atoms with Crippen LogP contribution in [0.2, 0.25) is 0 Å². The Balaban J connectivity index is 1.77. The second kappa shape index (κ2) is 6.97. The summed E-state index contributed by atoms with van der Waals surface area (Å²) in [5.41, 5.74) is -2.21. The molecule has 0 radical (unpaired) electrons. The van der Waals surface area contributed by atoms with E-state index in [9.17, 15) is 29.7 Å². The molecule has 4 rings (SSSR count). The predicted molar refractivity (Wildman–Crippen MR) is 106 cm³/mol. The fraction of sp³-hybridized carbons (Fsp3) is 0.783. The zero-order chi connectivity index (χ0) is 22.1. The summed E-state index contributed by atoms with van der Waals surface area (Å²) in [6, 6.07) is 0. The van der Waals surface area contributed by atoms with Crippen LogP contribution in [0, 0.1) is 28.6 Å². The summed E-state index contributed by atoms with van der Waals surface area (Å²) in [5.74, 6) is -1.31. The molecule has 0 saturated heterocycles. The average Bonchev–Trinajstić information content (AvgIpc) is 2.93. The Labute approximate surface area is 176 Å². The summed E-state index contributed by atoms with van der Waals surface area (Å²) in [5, 5.41) is 32.1. The molecule has 0 aromatic heterocycles. The number of aliphatic hydroxyl groups excluding tert-OH is 2. The minimum Gasteiger partial charge on any atom is -0.461 e. The molecule has 4 aliphatic carbocycles. The van der Waals surface area contributed by atoms with Gasteiger partial charge in [0.05, 0.1) is 6.10 Å². The lowest BCUT2D eigenvalue weighted by Gasteiger charge is -2.61. The molecule has 0 heterocycles. The Kier molecular flexibility index (Phi) is 5.03. The van der Waals surface area contributed by atoms with Gasteiger partial charge >= 0.3 is 5.97 Å². The van der Waals surface area contributed by atoms with Crippen LogP contribution in [0.25, 0.3) is 0 Å². The van der Waals surface area contributed by atoms with Crippen LogP contribution in [0.1, 0.15) is 59.3 Å². The predicted octanol–water partition coefficient (Wildman–Crippen LogP) is 1.32. The van der Waals surface area contributed by atoms with Gasteiger partial charge in [-0.3, -0.25) is 14.4 Å². The van der Waals surface area contributed by atoms with Gasteiger partial charge in [0.25, 0.3) is 0 Å². The van der Waals surface area contributed by atoms with Crippen LogP contribution < -0.4 is 0 Å². The van der Waals surface area contributed by atoms with Crippen LogP contribution in [-0.4, -0.2) is 57.3 Å². The van der Waals surface area contributed by atoms with Gasteiger partial charge in [0.2, 0.25) is 0 Å². The fourth-order valence-electron chi connectivity index (χ4n) is 7.66. The molecule has 7 heteroatoms. The van der Waals surface area contributed by atoms with Gasteiger partial charge in [0, 0.05) is 30.1 Å². The molecule has 0 aromatic rings. The molecule has 30 heavy (non-hydrogen) atoms. The van der Waals surface area contributed by atoms with Crippen LogP contribution in [-0.2, 0) is 19.1 Å². The number of carbonyl (C=O) groups is 3. The highest BCUT2D eigenvalue weighted by molar-refractivity contribution is 5.92. The Bertz CT molecular complexity index is 818. The molecule has 166 valence electrons. The first-order chi connectivity index (χ1) is 14.0. The van der Waals surface area contributed by atoms with Crippen molar-refractivity contribution < 1.29 is 34.4 Å². The minimum atomic E-state index is -1.65. The number of carbonyl (C=O) groups excluding carboxylic acids is 3. The van der Waals surface area contributed by atoms with E-state index < -0.39 is 47.0 Å². The Morgan fingerprint density at radius 3 is 2.60 bits per heavy atom. The van der Waals surface area contributed by atoms with E-state index in [-0.39, 0.29) is 42.8 Å². The maximum atomic E-state index is 12.5. The Morgan fingerprint density at radius 1 is 1.27 bits per heavy atom. The minimum absolute atomic E-state index is 0.000353. The highest BCUT2D eigenvalue weighted by Gasteiger charge is 2.69. The van der Waals surface area contributed by atoms with Crippen LogP contribution in [0.5, 0.6) is 0 Å². The quantitative estimate of drug-likeness (QED) is 0.589. The van der Waals surface area contributed by atoms with E-state index >= 15 is 0 Å². The Morgan fingerprint density at radius 2 is 1.97 bits per heavy atom. The zero-order valence-corrected chi connectivity index (χ0v) is 17.9. The topological polar surface area (TPSA) is 121 Å². The summed E-state index contributed by atoms with van der Waals surface area (Å²) in [4.78, 5) is 36.6. The number of esters is 1. The van der Waals surface area contributed by atoms with Crippen molar-refractivity contribution in [2.24, 2.45) is 28.6 Å². The van der Waals surface area contributed by atoms with Gasteiger partial charge in [-0.2, -0.15) is 0 Å². The lowest BCUT2D eigenvalue weighted by Crippen LogP contribution is -2.64. The number of rotatable bonds is 3. The molecule has 3 N–H and O–H groups in total. The van der Waals surface area contributed by atoms with Crippen molar-refractivity contribution >= 4 is 17.5 Å². The molecule has 7 nitrogen and oxygen atoms in total. The molecule has 0 aromatic carbocycles. The Hall–Kier alpha value is -1.57. The first-order valence-corrected chi connectivity index (χ1v) is 10.9. The van der Waals surface area contributed by atoms with E-state index in [0.29, 0.717) is 12.8 Å². The summed E-state index contributed by atoms with van der Waals surface area (Å²) >= 11 is 0. The second-order valence-corrected chi connectivity index (χ2v) is 10.2. The summed E-state index contributed by atoms with van der Waals surface area (Å²) in [7, 11) is 0. The molecule has 4 aliphatic rings. The van der Waals surface area contributed by atoms with E-state index in [4.69, 9.17) is 4.74 Å². The molecular weight excluding hydrogens is 388 g/mol. The monoisotopic (exact) mass is 420 g/mol. The molecule has 3 fully saturated rings. The third kappa shape index (κ3) is 2.71. The maximum Gasteiger partial charge on any atom is 0.302 e. The molecule has 0 bridgehead atoms. The number of ketones is 2. The summed E-state index contributed by atoms with van der Waals surface area (Å²) in [6.45, 7) is 4.46. The second-order valence-electron chi connectivity index (χ2n) is 10.2. The maximum absolute atomic E-state index is 12.5. The summed E-state index contributed by atoms with van der Waals surface area (Å²) in [6.07, 6.45) is 2.85. The van der Waals surface area contributed by atoms with Gasteiger partial charge in [0.1, 0.15) is 18.3 Å². The molecule has 3 saturated carbocycles. The number of Topliss-reactive ketones (excluding diaryl/α,β-unsaturated/α-hetero) is 1. The van der Waals surface area contributed by atoms with Crippen molar-refractivity contribution in [2.45, 2.75) is 77.1 Å². The third-order valence-electron chi connectivity index (χ3n) is 9.04. The molecule has 0 spiro atoms. The SMILES string of the molecule is CC(=O)OC1CC(=O)C=C2CC[C@@H]3[C@H]([C@@H](O)C[C@@]4(C)[C@H]3CC[C@@]4(O)C(=O)CO)[C@]21C. The lowest BCUT2D eigenvalue weighted by molar-refractivity contribution is -0.197. The average molecular weight is 421 g/mol. The molecule has 0 aliphatic heterocycles. The van der Waals surface area contributed by atoms with Crippen molar-refractivity contribution in [1.82, 2.24) is 0 Å². The third-order valence-corrected chi connectivity index (χ3v) is 9.04. The van der Waals surface area contributed by atoms with Crippen LogP contribution in [0.4, 0.5) is 0 Å². The first-order valence-electron chi connectivity index (χ1n) is 10.9. The van der Waals surface area contributed by atoms with Gasteiger partial charge in [-0.1, -0.05) is 19.4 Å². The molecule has 8 atom stereocenters. The van der Waals surface area contributed by atoms with E-state index in [1.54, 1.807) is 6.08 Å². The van der Waals surface area contributed by atoms with Gasteiger partial charge in [-0.25, -0.2) is 0 Å². The van der Waals surface area contributed by atoms with Gasteiger partial charge < -0.3 is 20.1 Å².